The highest BCUT2D eigenvalue weighted by Gasteiger charge is 2.36. The van der Waals surface area contributed by atoms with Gasteiger partial charge in [0, 0.05) is 49.6 Å². The molecule has 3 heterocycles. The van der Waals surface area contributed by atoms with Crippen molar-refractivity contribution in [2.75, 3.05) is 18.4 Å². The summed E-state index contributed by atoms with van der Waals surface area (Å²) in [5, 5.41) is 6.13. The number of urea groups is 1. The Morgan fingerprint density at radius 1 is 0.881 bits per heavy atom. The lowest BCUT2D eigenvalue weighted by molar-refractivity contribution is -0.139. The Bertz CT molecular complexity index is 1440. The number of anilines is 1. The Balaban J connectivity index is 1.12. The number of halogens is 1. The highest BCUT2D eigenvalue weighted by Crippen LogP contribution is 2.30. The molecular weight excluding hydrogens is 533 g/mol. The van der Waals surface area contributed by atoms with E-state index >= 15 is 0 Å². The van der Waals surface area contributed by atoms with Gasteiger partial charge in [-0.25, -0.2) is 19.2 Å². The number of aromatic nitrogens is 4. The van der Waals surface area contributed by atoms with Gasteiger partial charge in [-0.15, -0.1) is 0 Å². The van der Waals surface area contributed by atoms with Gasteiger partial charge in [0.2, 0.25) is 5.91 Å². The average Bonchev–Trinajstić information content (AvgIpc) is 3.74. The van der Waals surface area contributed by atoms with Crippen molar-refractivity contribution in [2.45, 2.75) is 51.0 Å². The van der Waals surface area contributed by atoms with Crippen LogP contribution in [0.1, 0.15) is 44.1 Å². The van der Waals surface area contributed by atoms with Gasteiger partial charge in [0.1, 0.15) is 5.82 Å². The maximum atomic E-state index is 13.8. The number of likely N-dealkylation sites (tertiary alicyclic amines) is 1. The largest absolute Gasteiger partial charge is 0.342 e. The fourth-order valence-electron chi connectivity index (χ4n) is 6.34. The predicted octanol–water partition coefficient (Wildman–Crippen LogP) is 5.36. The summed E-state index contributed by atoms with van der Waals surface area (Å²) in [4.78, 5) is 37.4. The van der Waals surface area contributed by atoms with Gasteiger partial charge < -0.3 is 24.7 Å². The molecule has 3 amide bonds. The maximum absolute atomic E-state index is 13.8. The molecule has 0 unspecified atom stereocenters. The third-order valence-electron chi connectivity index (χ3n) is 8.43. The number of imidazole rings is 2. The van der Waals surface area contributed by atoms with Gasteiger partial charge >= 0.3 is 6.03 Å². The molecule has 1 aliphatic heterocycles. The molecule has 2 aliphatic rings. The maximum Gasteiger partial charge on any atom is 0.319 e. The molecule has 218 valence electrons. The number of benzene rings is 2. The number of amides is 3. The van der Waals surface area contributed by atoms with Gasteiger partial charge in [0.25, 0.3) is 0 Å². The summed E-state index contributed by atoms with van der Waals surface area (Å²) in [5.74, 6) is 0.00344. The summed E-state index contributed by atoms with van der Waals surface area (Å²) < 4.78 is 17.1. The van der Waals surface area contributed by atoms with Gasteiger partial charge in [-0.3, -0.25) is 4.79 Å². The van der Waals surface area contributed by atoms with E-state index in [4.69, 9.17) is 0 Å². The molecule has 2 N–H and O–H groups in total. The first-order valence-electron chi connectivity index (χ1n) is 14.7. The minimum atomic E-state index is -0.327. The van der Waals surface area contributed by atoms with Crippen LogP contribution in [-0.2, 0) is 11.2 Å². The second kappa shape index (κ2) is 12.6. The second-order valence-corrected chi connectivity index (χ2v) is 11.4. The van der Waals surface area contributed by atoms with Gasteiger partial charge in [-0.2, -0.15) is 0 Å². The van der Waals surface area contributed by atoms with Gasteiger partial charge in [-0.05, 0) is 73.9 Å². The Hall–Kier alpha value is -4.47. The molecule has 6 rings (SSSR count). The van der Waals surface area contributed by atoms with Crippen LogP contribution in [0.15, 0.2) is 79.9 Å². The van der Waals surface area contributed by atoms with E-state index in [1.54, 1.807) is 25.0 Å². The number of rotatable bonds is 7. The minimum Gasteiger partial charge on any atom is -0.342 e. The molecule has 9 nitrogen and oxygen atoms in total. The third kappa shape index (κ3) is 6.53. The Kier molecular flexibility index (Phi) is 8.30. The molecule has 2 aromatic carbocycles. The first kappa shape index (κ1) is 27.7. The topological polar surface area (TPSA) is 97.1 Å². The molecule has 2 fully saturated rings. The number of nitrogens with zero attached hydrogens (tertiary/aromatic N) is 5. The van der Waals surface area contributed by atoms with E-state index in [0.29, 0.717) is 18.2 Å². The number of hydrogen-bond acceptors (Lipinski definition) is 4. The smallest absolute Gasteiger partial charge is 0.319 e. The Morgan fingerprint density at radius 2 is 1.57 bits per heavy atom. The number of hydrogen-bond donors (Lipinski definition) is 2. The van der Waals surface area contributed by atoms with E-state index < -0.39 is 0 Å². The molecule has 0 spiro atoms. The Morgan fingerprint density at radius 3 is 2.24 bits per heavy atom. The first-order chi connectivity index (χ1) is 20.5. The van der Waals surface area contributed by atoms with Crippen molar-refractivity contribution in [1.82, 2.24) is 29.3 Å². The standard InChI is InChI=1S/C32H36FN7O2/c33-25-9-7-23(8-10-25)16-24-4-3-13-38(20-24)31(41)29-5-1-2-6-30(29)37-32(42)36-26-17-27(39-14-11-34-21-39)19-28(18-26)40-15-12-35-22-40/h7-12,14-15,17-19,21-22,24,29-30H,1-6,13,16,20H2,(H2,36,37,42)/t24-,29+,30+/m0/s1. The van der Waals surface area contributed by atoms with Crippen molar-refractivity contribution in [3.63, 3.8) is 0 Å². The van der Waals surface area contributed by atoms with Crippen LogP contribution in [0, 0.1) is 17.7 Å². The fraction of sp³-hybridized carbons (Fsp3) is 0.375. The van der Waals surface area contributed by atoms with Crippen LogP contribution in [0.3, 0.4) is 0 Å². The van der Waals surface area contributed by atoms with Crippen molar-refractivity contribution < 1.29 is 14.0 Å². The average molecular weight is 570 g/mol. The second-order valence-electron chi connectivity index (χ2n) is 11.4. The van der Waals surface area contributed by atoms with E-state index in [2.05, 4.69) is 20.6 Å². The lowest BCUT2D eigenvalue weighted by Crippen LogP contribution is -2.52. The van der Waals surface area contributed by atoms with Crippen LogP contribution in [0.2, 0.25) is 0 Å². The highest BCUT2D eigenvalue weighted by atomic mass is 19.1. The van der Waals surface area contributed by atoms with Crippen LogP contribution in [-0.4, -0.2) is 55.1 Å². The van der Waals surface area contributed by atoms with Gasteiger partial charge in [0.05, 0.1) is 29.9 Å². The van der Waals surface area contributed by atoms with Crippen LogP contribution >= 0.6 is 0 Å². The summed E-state index contributed by atoms with van der Waals surface area (Å²) >= 11 is 0. The van der Waals surface area contributed by atoms with Crippen molar-refractivity contribution in [2.24, 2.45) is 11.8 Å². The molecule has 10 heteroatoms. The van der Waals surface area contributed by atoms with Crippen molar-refractivity contribution in [3.05, 3.63) is 91.3 Å². The molecular formula is C32H36FN7O2. The zero-order valence-electron chi connectivity index (χ0n) is 23.5. The van der Waals surface area contributed by atoms with E-state index in [-0.39, 0.29) is 29.7 Å². The van der Waals surface area contributed by atoms with E-state index in [1.165, 1.54) is 12.1 Å². The number of carbonyl (C=O) groups is 2. The zero-order chi connectivity index (χ0) is 28.9. The Labute approximate surface area is 244 Å². The minimum absolute atomic E-state index is 0.133. The van der Waals surface area contributed by atoms with Gasteiger partial charge in [-0.1, -0.05) is 25.0 Å². The molecule has 2 aromatic heterocycles. The van der Waals surface area contributed by atoms with E-state index in [1.807, 2.05) is 56.8 Å². The predicted molar refractivity (Wildman–Crippen MR) is 158 cm³/mol. The van der Waals surface area contributed by atoms with Crippen LogP contribution in [0.4, 0.5) is 14.9 Å². The molecule has 1 aliphatic carbocycles. The molecule has 3 atom stereocenters. The summed E-state index contributed by atoms with van der Waals surface area (Å²) in [6, 6.07) is 11.9. The molecule has 1 saturated carbocycles. The van der Waals surface area contributed by atoms with Crippen molar-refractivity contribution >= 4 is 17.6 Å². The normalized spacial score (nSPS) is 20.7. The number of nitrogens with one attached hydrogen (secondary N) is 2. The number of carbonyl (C=O) groups excluding carboxylic acids is 2. The van der Waals surface area contributed by atoms with Gasteiger partial charge in [0.15, 0.2) is 0 Å². The van der Waals surface area contributed by atoms with E-state index in [0.717, 1.165) is 68.4 Å². The summed E-state index contributed by atoms with van der Waals surface area (Å²) in [6.45, 7) is 1.44. The monoisotopic (exact) mass is 569 g/mol. The van der Waals surface area contributed by atoms with E-state index in [9.17, 15) is 14.0 Å². The summed E-state index contributed by atoms with van der Waals surface area (Å²) in [7, 11) is 0. The zero-order valence-corrected chi connectivity index (χ0v) is 23.5. The molecule has 0 bridgehead atoms. The highest BCUT2D eigenvalue weighted by molar-refractivity contribution is 5.91. The van der Waals surface area contributed by atoms with Crippen molar-refractivity contribution in [1.29, 1.82) is 0 Å². The fourth-order valence-corrected chi connectivity index (χ4v) is 6.34. The van der Waals surface area contributed by atoms with Crippen LogP contribution < -0.4 is 10.6 Å². The number of piperidine rings is 1. The van der Waals surface area contributed by atoms with Crippen LogP contribution in [0.25, 0.3) is 11.4 Å². The van der Waals surface area contributed by atoms with Crippen LogP contribution in [0.5, 0.6) is 0 Å². The first-order valence-corrected chi connectivity index (χ1v) is 14.7. The summed E-state index contributed by atoms with van der Waals surface area (Å²) in [5.41, 5.74) is 3.42. The SMILES string of the molecule is O=C(Nc1cc(-n2ccnc2)cc(-n2ccnc2)c1)N[C@@H]1CCCC[C@H]1C(=O)N1CCC[C@@H](Cc2ccc(F)cc2)C1. The summed E-state index contributed by atoms with van der Waals surface area (Å²) in [6.07, 6.45) is 16.8. The third-order valence-corrected chi connectivity index (χ3v) is 8.43. The van der Waals surface area contributed by atoms with Crippen molar-refractivity contribution in [3.8, 4) is 11.4 Å². The quantitative estimate of drug-likeness (QED) is 0.313. The lowest BCUT2D eigenvalue weighted by atomic mass is 9.82. The lowest BCUT2D eigenvalue weighted by Gasteiger charge is -2.39. The molecule has 1 saturated heterocycles. The molecule has 0 radical (unpaired) electrons. The molecule has 42 heavy (non-hydrogen) atoms. The molecule has 4 aromatic rings.